The third-order valence-corrected chi connectivity index (χ3v) is 5.23. The first kappa shape index (κ1) is 21.0. The van der Waals surface area contributed by atoms with Gasteiger partial charge in [-0.2, -0.15) is 0 Å². The van der Waals surface area contributed by atoms with Gasteiger partial charge in [-0.15, -0.1) is 0 Å². The Balaban J connectivity index is 1.37. The van der Waals surface area contributed by atoms with Gasteiger partial charge in [0.25, 0.3) is 11.8 Å². The van der Waals surface area contributed by atoms with Crippen molar-refractivity contribution in [2.75, 3.05) is 11.8 Å². The van der Waals surface area contributed by atoms with E-state index < -0.39 is 16.7 Å². The fraction of sp³-hybridized carbons (Fsp3) is 0.0833. The van der Waals surface area contributed by atoms with Crippen molar-refractivity contribution < 1.29 is 28.7 Å². The summed E-state index contributed by atoms with van der Waals surface area (Å²) in [4.78, 5) is 36.2. The molecule has 1 saturated heterocycles. The number of hydrogen-bond acceptors (Lipinski definition) is 7. The summed E-state index contributed by atoms with van der Waals surface area (Å²) in [5.74, 6) is 0.115. The number of hydrazine groups is 1. The predicted octanol–water partition coefficient (Wildman–Crippen LogP) is 3.36. The molecule has 34 heavy (non-hydrogen) atoms. The molecule has 0 aliphatic carbocycles. The Hall–Kier alpha value is -4.86. The van der Waals surface area contributed by atoms with Crippen molar-refractivity contribution in [3.63, 3.8) is 0 Å². The third-order valence-electron chi connectivity index (χ3n) is 5.23. The Labute approximate surface area is 193 Å². The van der Waals surface area contributed by atoms with E-state index in [4.69, 9.17) is 14.2 Å². The highest BCUT2D eigenvalue weighted by molar-refractivity contribution is 6.31. The minimum absolute atomic E-state index is 0.0536. The Morgan fingerprint density at radius 3 is 2.62 bits per heavy atom. The minimum Gasteiger partial charge on any atom is -0.482 e. The van der Waals surface area contributed by atoms with Crippen molar-refractivity contribution in [2.45, 2.75) is 6.61 Å². The van der Waals surface area contributed by atoms with Crippen molar-refractivity contribution in [2.24, 2.45) is 0 Å². The van der Waals surface area contributed by atoms with E-state index in [-0.39, 0.29) is 30.4 Å². The average Bonchev–Trinajstić information content (AvgIpc) is 3.43. The number of carbonyl (C=O) groups is 2. The second kappa shape index (κ2) is 8.58. The van der Waals surface area contributed by atoms with Crippen LogP contribution in [0.1, 0.15) is 11.1 Å². The van der Waals surface area contributed by atoms with Gasteiger partial charge < -0.3 is 14.2 Å². The number of nitro groups is 1. The molecule has 170 valence electrons. The van der Waals surface area contributed by atoms with Crippen LogP contribution in [0.2, 0.25) is 0 Å². The van der Waals surface area contributed by atoms with Crippen LogP contribution in [0.15, 0.2) is 72.3 Å². The summed E-state index contributed by atoms with van der Waals surface area (Å²) in [6, 6.07) is 18.1. The minimum atomic E-state index is -0.598. The monoisotopic (exact) mass is 459 g/mol. The number of nitrogens with zero attached hydrogens (tertiary/aromatic N) is 2. The zero-order valence-corrected chi connectivity index (χ0v) is 17.6. The standard InChI is InChI=1S/C24H17N3O7/c28-23-18(24(29)26(25-23)17-4-2-1-3-5-17)10-15-6-8-20(19(11-15)27(30)31)32-13-16-7-9-21-22(12-16)34-14-33-21/h1-12H,13-14H2,(H,25,28)/b18-10-. The molecule has 0 spiro atoms. The van der Waals surface area contributed by atoms with Crippen LogP contribution in [0.5, 0.6) is 17.2 Å². The molecule has 10 heteroatoms. The summed E-state index contributed by atoms with van der Waals surface area (Å²) in [6.45, 7) is 0.219. The highest BCUT2D eigenvalue weighted by atomic mass is 16.7. The number of hydrogen-bond donors (Lipinski definition) is 1. The molecule has 2 aliphatic heterocycles. The largest absolute Gasteiger partial charge is 0.482 e. The van der Waals surface area contributed by atoms with Gasteiger partial charge in [0.15, 0.2) is 17.2 Å². The molecular weight excluding hydrogens is 442 g/mol. The van der Waals surface area contributed by atoms with Gasteiger partial charge in [-0.1, -0.05) is 30.3 Å². The van der Waals surface area contributed by atoms with Crippen LogP contribution in [-0.4, -0.2) is 23.5 Å². The van der Waals surface area contributed by atoms with Crippen molar-refractivity contribution in [3.05, 3.63) is 93.5 Å². The number of nitro benzene ring substituents is 1. The fourth-order valence-corrected chi connectivity index (χ4v) is 3.56. The average molecular weight is 459 g/mol. The van der Waals surface area contributed by atoms with Crippen LogP contribution in [0.3, 0.4) is 0 Å². The van der Waals surface area contributed by atoms with Crippen LogP contribution in [0.25, 0.3) is 6.08 Å². The van der Waals surface area contributed by atoms with E-state index >= 15 is 0 Å². The van der Waals surface area contributed by atoms with Gasteiger partial charge in [0.2, 0.25) is 6.79 Å². The molecular formula is C24H17N3O7. The maximum Gasteiger partial charge on any atom is 0.311 e. The summed E-state index contributed by atoms with van der Waals surface area (Å²) in [5, 5.41) is 12.8. The first-order valence-corrected chi connectivity index (χ1v) is 10.2. The summed E-state index contributed by atoms with van der Waals surface area (Å²) >= 11 is 0. The summed E-state index contributed by atoms with van der Waals surface area (Å²) in [6.07, 6.45) is 1.31. The van der Waals surface area contributed by atoms with Crippen LogP contribution in [0.4, 0.5) is 11.4 Å². The van der Waals surface area contributed by atoms with Gasteiger partial charge in [0.05, 0.1) is 10.6 Å². The predicted molar refractivity (Wildman–Crippen MR) is 120 cm³/mol. The third kappa shape index (κ3) is 3.99. The molecule has 10 nitrogen and oxygen atoms in total. The number of anilines is 1. The zero-order chi connectivity index (χ0) is 23.7. The summed E-state index contributed by atoms with van der Waals surface area (Å²) < 4.78 is 16.3. The number of rotatable bonds is 6. The van der Waals surface area contributed by atoms with Gasteiger partial charge in [-0.05, 0) is 47.5 Å². The number of carbonyl (C=O) groups excluding carboxylic acids is 2. The van der Waals surface area contributed by atoms with Crippen molar-refractivity contribution in [3.8, 4) is 17.2 Å². The lowest BCUT2D eigenvalue weighted by molar-refractivity contribution is -0.386. The number of fused-ring (bicyclic) bond motifs is 1. The molecule has 1 fully saturated rings. The van der Waals surface area contributed by atoms with E-state index in [9.17, 15) is 19.7 Å². The van der Waals surface area contributed by atoms with E-state index in [2.05, 4.69) is 5.43 Å². The number of ether oxygens (including phenoxy) is 3. The van der Waals surface area contributed by atoms with Gasteiger partial charge >= 0.3 is 5.69 Å². The maximum absolute atomic E-state index is 12.7. The van der Waals surface area contributed by atoms with E-state index in [0.29, 0.717) is 22.7 Å². The lowest BCUT2D eigenvalue weighted by Gasteiger charge is -2.13. The second-order valence-electron chi connectivity index (χ2n) is 7.44. The smallest absolute Gasteiger partial charge is 0.311 e. The fourth-order valence-electron chi connectivity index (χ4n) is 3.56. The van der Waals surface area contributed by atoms with E-state index in [1.54, 1.807) is 54.6 Å². The Kier molecular flexibility index (Phi) is 5.30. The molecule has 1 N–H and O–H groups in total. The van der Waals surface area contributed by atoms with Crippen LogP contribution < -0.4 is 24.6 Å². The quantitative estimate of drug-likeness (QED) is 0.260. The first-order chi connectivity index (χ1) is 16.5. The van der Waals surface area contributed by atoms with Crippen LogP contribution >= 0.6 is 0 Å². The normalized spacial score (nSPS) is 15.5. The van der Waals surface area contributed by atoms with Gasteiger partial charge in [-0.25, -0.2) is 5.01 Å². The molecule has 0 radical (unpaired) electrons. The number of benzene rings is 3. The van der Waals surface area contributed by atoms with Crippen LogP contribution in [-0.2, 0) is 16.2 Å². The number of amides is 2. The highest BCUT2D eigenvalue weighted by Gasteiger charge is 2.34. The molecule has 5 rings (SSSR count). The lowest BCUT2D eigenvalue weighted by atomic mass is 10.1. The first-order valence-electron chi connectivity index (χ1n) is 10.2. The van der Waals surface area contributed by atoms with E-state index in [1.807, 2.05) is 0 Å². The van der Waals surface area contributed by atoms with Gasteiger partial charge in [0.1, 0.15) is 12.2 Å². The molecule has 0 saturated carbocycles. The topological polar surface area (TPSA) is 120 Å². The Bertz CT molecular complexity index is 1340. The summed E-state index contributed by atoms with van der Waals surface area (Å²) in [5.41, 5.74) is 3.64. The molecule has 2 amide bonds. The Morgan fingerprint density at radius 2 is 1.82 bits per heavy atom. The molecule has 0 bridgehead atoms. The molecule has 3 aromatic carbocycles. The van der Waals surface area contributed by atoms with Gasteiger partial charge in [0, 0.05) is 6.07 Å². The number of nitrogens with one attached hydrogen (secondary N) is 1. The number of para-hydroxylation sites is 1. The SMILES string of the molecule is O=C1NN(c2ccccc2)C(=O)/C1=C\c1ccc(OCc2ccc3c(c2)OCO3)c([N+](=O)[O-])c1. The maximum atomic E-state index is 12.7. The molecule has 0 aromatic heterocycles. The summed E-state index contributed by atoms with van der Waals surface area (Å²) in [7, 11) is 0. The zero-order valence-electron chi connectivity index (χ0n) is 17.6. The second-order valence-corrected chi connectivity index (χ2v) is 7.44. The molecule has 2 aliphatic rings. The molecule has 2 heterocycles. The van der Waals surface area contributed by atoms with Crippen molar-refractivity contribution in [1.82, 2.24) is 5.43 Å². The van der Waals surface area contributed by atoms with Crippen LogP contribution in [0, 0.1) is 10.1 Å². The molecule has 3 aromatic rings. The van der Waals surface area contributed by atoms with E-state index in [0.717, 1.165) is 10.6 Å². The Morgan fingerprint density at radius 1 is 1.03 bits per heavy atom. The van der Waals surface area contributed by atoms with Crippen molar-refractivity contribution >= 4 is 29.3 Å². The molecule has 0 unspecified atom stereocenters. The highest BCUT2D eigenvalue weighted by Crippen LogP contribution is 2.34. The van der Waals surface area contributed by atoms with E-state index in [1.165, 1.54) is 18.2 Å². The molecule has 0 atom stereocenters. The van der Waals surface area contributed by atoms with Gasteiger partial charge in [-0.3, -0.25) is 25.1 Å². The van der Waals surface area contributed by atoms with Crippen molar-refractivity contribution in [1.29, 1.82) is 0 Å². The lowest BCUT2D eigenvalue weighted by Crippen LogP contribution is -2.35.